The first-order valence-electron chi connectivity index (χ1n) is 7.42. The molecule has 0 radical (unpaired) electrons. The van der Waals surface area contributed by atoms with Gasteiger partial charge >= 0.3 is 0 Å². The first kappa shape index (κ1) is 15.4. The van der Waals surface area contributed by atoms with E-state index in [1.165, 1.54) is 5.56 Å². The van der Waals surface area contributed by atoms with E-state index in [4.69, 9.17) is 9.47 Å². The summed E-state index contributed by atoms with van der Waals surface area (Å²) >= 11 is 0. The smallest absolute Gasteiger partial charge is 0.124 e. The summed E-state index contributed by atoms with van der Waals surface area (Å²) in [5, 5.41) is 3.31. The van der Waals surface area contributed by atoms with Gasteiger partial charge in [0.25, 0.3) is 0 Å². The molecule has 0 bridgehead atoms. The Kier molecular flexibility index (Phi) is 6.10. The molecule has 0 saturated carbocycles. The van der Waals surface area contributed by atoms with Gasteiger partial charge in [-0.2, -0.15) is 0 Å². The first-order valence-corrected chi connectivity index (χ1v) is 7.42. The summed E-state index contributed by atoms with van der Waals surface area (Å²) in [4.78, 5) is 0. The van der Waals surface area contributed by atoms with E-state index in [2.05, 4.69) is 18.3 Å². The maximum Gasteiger partial charge on any atom is 0.124 e. The average Bonchev–Trinajstić information content (AvgIpc) is 2.55. The van der Waals surface area contributed by atoms with Gasteiger partial charge in [0.05, 0.1) is 0 Å². The Balaban J connectivity index is 1.88. The predicted molar refractivity (Wildman–Crippen MR) is 86.0 cm³/mol. The molecule has 112 valence electrons. The van der Waals surface area contributed by atoms with E-state index in [1.54, 1.807) is 0 Å². The maximum absolute atomic E-state index is 5.88. The minimum absolute atomic E-state index is 0.316. The van der Waals surface area contributed by atoms with Crippen molar-refractivity contribution >= 4 is 0 Å². The Morgan fingerprint density at radius 2 is 1.57 bits per heavy atom. The number of rotatable bonds is 8. The summed E-state index contributed by atoms with van der Waals surface area (Å²) in [5.74, 6) is 1.80. The molecule has 0 aliphatic carbocycles. The Morgan fingerprint density at radius 1 is 0.905 bits per heavy atom. The molecule has 2 aromatic rings. The molecule has 0 aliphatic rings. The van der Waals surface area contributed by atoms with Gasteiger partial charge in [0.2, 0.25) is 0 Å². The fourth-order valence-electron chi connectivity index (χ4n) is 2.31. The van der Waals surface area contributed by atoms with Gasteiger partial charge in [0.15, 0.2) is 0 Å². The molecule has 0 heterocycles. The Hall–Kier alpha value is -2.00. The van der Waals surface area contributed by atoms with Crippen LogP contribution in [0.5, 0.6) is 11.5 Å². The van der Waals surface area contributed by atoms with Gasteiger partial charge in [-0.15, -0.1) is 0 Å². The highest BCUT2D eigenvalue weighted by atomic mass is 16.5. The van der Waals surface area contributed by atoms with Crippen LogP contribution in [0, 0.1) is 0 Å². The summed E-state index contributed by atoms with van der Waals surface area (Å²) in [5.41, 5.74) is 1.20. The number of nitrogens with one attached hydrogen (secondary N) is 1. The van der Waals surface area contributed by atoms with Crippen molar-refractivity contribution < 1.29 is 9.47 Å². The minimum atomic E-state index is 0.316. The second kappa shape index (κ2) is 8.32. The average molecular weight is 285 g/mol. The zero-order chi connectivity index (χ0) is 14.9. The normalized spacial score (nSPS) is 11.9. The van der Waals surface area contributed by atoms with Crippen molar-refractivity contribution in [2.75, 3.05) is 20.3 Å². The molecule has 3 heteroatoms. The van der Waals surface area contributed by atoms with Gasteiger partial charge in [-0.3, -0.25) is 0 Å². The van der Waals surface area contributed by atoms with E-state index in [-0.39, 0.29) is 0 Å². The fraction of sp³-hybridized carbons (Fsp3) is 0.333. The van der Waals surface area contributed by atoms with Crippen molar-refractivity contribution in [2.45, 2.75) is 19.4 Å². The standard InChI is InChI=1S/C18H23NO2/c1-3-17(19-2)16-11-7-8-12-18(16)21-14-13-20-15-9-5-4-6-10-15/h4-12,17,19H,3,13-14H2,1-2H3. The van der Waals surface area contributed by atoms with Crippen LogP contribution in [0.1, 0.15) is 24.9 Å². The molecule has 1 N–H and O–H groups in total. The molecule has 0 aliphatic heterocycles. The summed E-state index contributed by atoms with van der Waals surface area (Å²) in [6.07, 6.45) is 1.03. The van der Waals surface area contributed by atoms with Crippen LogP contribution in [0.3, 0.4) is 0 Å². The molecule has 0 spiro atoms. The quantitative estimate of drug-likeness (QED) is 0.748. The van der Waals surface area contributed by atoms with E-state index < -0.39 is 0 Å². The molecular weight excluding hydrogens is 262 g/mol. The SMILES string of the molecule is CCC(NC)c1ccccc1OCCOc1ccccc1. The maximum atomic E-state index is 5.88. The number of benzene rings is 2. The molecule has 0 fully saturated rings. The molecule has 2 aromatic carbocycles. The van der Waals surface area contributed by atoms with Crippen molar-refractivity contribution in [2.24, 2.45) is 0 Å². The fourth-order valence-corrected chi connectivity index (χ4v) is 2.31. The second-order valence-electron chi connectivity index (χ2n) is 4.80. The van der Waals surface area contributed by atoms with Crippen molar-refractivity contribution in [1.82, 2.24) is 5.32 Å². The lowest BCUT2D eigenvalue weighted by molar-refractivity contribution is 0.215. The molecule has 3 nitrogen and oxygen atoms in total. The van der Waals surface area contributed by atoms with Gasteiger partial charge in [-0.25, -0.2) is 0 Å². The highest BCUT2D eigenvalue weighted by molar-refractivity contribution is 5.35. The van der Waals surface area contributed by atoms with Gasteiger partial charge in [0, 0.05) is 11.6 Å². The van der Waals surface area contributed by atoms with Crippen LogP contribution in [-0.4, -0.2) is 20.3 Å². The van der Waals surface area contributed by atoms with Gasteiger partial charge in [-0.1, -0.05) is 43.3 Å². The van der Waals surface area contributed by atoms with Crippen LogP contribution in [0.4, 0.5) is 0 Å². The molecule has 1 atom stereocenters. The van der Waals surface area contributed by atoms with E-state index in [1.807, 2.05) is 55.6 Å². The first-order chi connectivity index (χ1) is 10.3. The van der Waals surface area contributed by atoms with E-state index in [0.29, 0.717) is 19.3 Å². The van der Waals surface area contributed by atoms with Crippen molar-refractivity contribution in [3.8, 4) is 11.5 Å². The third-order valence-corrected chi connectivity index (χ3v) is 3.40. The number of para-hydroxylation sites is 2. The topological polar surface area (TPSA) is 30.5 Å². The molecule has 1 unspecified atom stereocenters. The monoisotopic (exact) mass is 285 g/mol. The number of ether oxygens (including phenoxy) is 2. The van der Waals surface area contributed by atoms with E-state index in [9.17, 15) is 0 Å². The lowest BCUT2D eigenvalue weighted by Gasteiger charge is -2.18. The van der Waals surface area contributed by atoms with Crippen LogP contribution < -0.4 is 14.8 Å². The highest BCUT2D eigenvalue weighted by Crippen LogP contribution is 2.26. The number of hydrogen-bond acceptors (Lipinski definition) is 3. The lowest BCUT2D eigenvalue weighted by Crippen LogP contribution is -2.17. The van der Waals surface area contributed by atoms with E-state index >= 15 is 0 Å². The Bertz CT molecular complexity index is 524. The molecule has 21 heavy (non-hydrogen) atoms. The van der Waals surface area contributed by atoms with Crippen molar-refractivity contribution in [1.29, 1.82) is 0 Å². The second-order valence-corrected chi connectivity index (χ2v) is 4.80. The molecule has 0 saturated heterocycles. The summed E-state index contributed by atoms with van der Waals surface area (Å²) < 4.78 is 11.5. The molecule has 0 aromatic heterocycles. The van der Waals surface area contributed by atoms with E-state index in [0.717, 1.165) is 17.9 Å². The zero-order valence-corrected chi connectivity index (χ0v) is 12.7. The highest BCUT2D eigenvalue weighted by Gasteiger charge is 2.11. The summed E-state index contributed by atoms with van der Waals surface area (Å²) in [6.45, 7) is 3.23. The van der Waals surface area contributed by atoms with Gasteiger partial charge in [-0.05, 0) is 31.7 Å². The molecular formula is C18H23NO2. The van der Waals surface area contributed by atoms with Crippen molar-refractivity contribution in [3.63, 3.8) is 0 Å². The molecule has 2 rings (SSSR count). The predicted octanol–water partition coefficient (Wildman–Crippen LogP) is 3.81. The van der Waals surface area contributed by atoms with Gasteiger partial charge in [0.1, 0.15) is 24.7 Å². The van der Waals surface area contributed by atoms with Crippen LogP contribution in [-0.2, 0) is 0 Å². The van der Waals surface area contributed by atoms with Crippen LogP contribution in [0.25, 0.3) is 0 Å². The zero-order valence-electron chi connectivity index (χ0n) is 12.7. The largest absolute Gasteiger partial charge is 0.490 e. The third-order valence-electron chi connectivity index (χ3n) is 3.40. The number of hydrogen-bond donors (Lipinski definition) is 1. The lowest BCUT2D eigenvalue weighted by atomic mass is 10.0. The van der Waals surface area contributed by atoms with Crippen LogP contribution in [0.2, 0.25) is 0 Å². The van der Waals surface area contributed by atoms with Gasteiger partial charge < -0.3 is 14.8 Å². The van der Waals surface area contributed by atoms with Crippen LogP contribution in [0.15, 0.2) is 54.6 Å². The van der Waals surface area contributed by atoms with Crippen LogP contribution >= 0.6 is 0 Å². The summed E-state index contributed by atoms with van der Waals surface area (Å²) in [6, 6.07) is 18.3. The van der Waals surface area contributed by atoms with Crippen molar-refractivity contribution in [3.05, 3.63) is 60.2 Å². The Labute approximate surface area is 126 Å². The minimum Gasteiger partial charge on any atom is -0.490 e. The Morgan fingerprint density at radius 3 is 2.29 bits per heavy atom. The molecule has 0 amide bonds. The summed E-state index contributed by atoms with van der Waals surface area (Å²) in [7, 11) is 1.98. The third kappa shape index (κ3) is 4.50.